The van der Waals surface area contributed by atoms with Crippen molar-refractivity contribution in [1.29, 1.82) is 0 Å². The number of likely N-dealkylation sites (N-methyl/N-ethyl adjacent to an activating group) is 1. The normalized spacial score (nSPS) is 14.4. The zero-order valence-electron chi connectivity index (χ0n) is 11.3. The summed E-state index contributed by atoms with van der Waals surface area (Å²) in [5.41, 5.74) is 0.645. The molecule has 0 saturated heterocycles. The Kier molecular flexibility index (Phi) is 3.62. The van der Waals surface area contributed by atoms with Gasteiger partial charge in [0.1, 0.15) is 0 Å². The van der Waals surface area contributed by atoms with Crippen molar-refractivity contribution >= 4 is 5.97 Å². The van der Waals surface area contributed by atoms with Gasteiger partial charge in [0.15, 0.2) is 6.04 Å². The van der Waals surface area contributed by atoms with Crippen LogP contribution in [0.1, 0.15) is 19.4 Å². The van der Waals surface area contributed by atoms with Gasteiger partial charge < -0.3 is 9.59 Å². The van der Waals surface area contributed by atoms with Crippen LogP contribution in [0, 0.1) is 0 Å². The van der Waals surface area contributed by atoms with E-state index in [2.05, 4.69) is 0 Å². The Balaban J connectivity index is 3.23. The van der Waals surface area contributed by atoms with E-state index in [1.54, 1.807) is 0 Å². The molecule has 0 amide bonds. The first kappa shape index (κ1) is 13.7. The van der Waals surface area contributed by atoms with Crippen molar-refractivity contribution in [3.8, 4) is 0 Å². The number of aliphatic carboxylic acids is 1. The molecule has 3 nitrogen and oxygen atoms in total. The number of carbonyl (C=O) groups is 1. The molecule has 3 heteroatoms. The van der Waals surface area contributed by atoms with Crippen molar-refractivity contribution in [2.24, 2.45) is 0 Å². The van der Waals surface area contributed by atoms with Gasteiger partial charge in [-0.1, -0.05) is 30.3 Å². The van der Waals surface area contributed by atoms with Crippen LogP contribution in [0.3, 0.4) is 0 Å². The smallest absolute Gasteiger partial charge is 0.363 e. The fraction of sp³-hybridized carbons (Fsp3) is 0.500. The van der Waals surface area contributed by atoms with Crippen molar-refractivity contribution in [2.45, 2.75) is 25.3 Å². The van der Waals surface area contributed by atoms with Gasteiger partial charge in [-0.3, -0.25) is 0 Å². The van der Waals surface area contributed by atoms with E-state index in [1.165, 1.54) is 0 Å². The number of carboxylic acids is 1. The zero-order valence-corrected chi connectivity index (χ0v) is 11.3. The van der Waals surface area contributed by atoms with Crippen LogP contribution in [0.15, 0.2) is 30.3 Å². The number of carboxylic acid groups (broad SMARTS) is 1. The molecule has 0 aliphatic carbocycles. The molecule has 1 unspecified atom stereocenters. The molecule has 0 aromatic heterocycles. The second-order valence-electron chi connectivity index (χ2n) is 5.94. The first-order valence-electron chi connectivity index (χ1n) is 5.77. The topological polar surface area (TPSA) is 37.3 Å². The van der Waals surface area contributed by atoms with Crippen LogP contribution < -0.4 is 0 Å². The first-order chi connectivity index (χ1) is 7.67. The summed E-state index contributed by atoms with van der Waals surface area (Å²) in [4.78, 5) is 11.6. The lowest BCUT2D eigenvalue weighted by Crippen LogP contribution is -2.58. The minimum Gasteiger partial charge on any atom is -0.477 e. The van der Waals surface area contributed by atoms with Crippen LogP contribution in [0.25, 0.3) is 0 Å². The Labute approximate surface area is 103 Å². The van der Waals surface area contributed by atoms with Gasteiger partial charge in [0.05, 0.1) is 26.6 Å². The highest BCUT2D eigenvalue weighted by atomic mass is 16.4. The maximum Gasteiger partial charge on any atom is 0.363 e. The van der Waals surface area contributed by atoms with Gasteiger partial charge >= 0.3 is 5.97 Å². The lowest BCUT2D eigenvalue weighted by molar-refractivity contribution is -0.891. The highest BCUT2D eigenvalue weighted by molar-refractivity contribution is 5.74. The zero-order chi connectivity index (χ0) is 13.3. The van der Waals surface area contributed by atoms with Gasteiger partial charge in [-0.2, -0.15) is 0 Å². The second kappa shape index (κ2) is 4.49. The van der Waals surface area contributed by atoms with Crippen molar-refractivity contribution < 1.29 is 14.4 Å². The Hall–Kier alpha value is -1.35. The third-order valence-electron chi connectivity index (χ3n) is 3.21. The minimum atomic E-state index is -0.758. The molecule has 94 valence electrons. The SMILES string of the molecule is CC(C)(c1ccccc1)C(C(=O)O)[N+](C)(C)C. The van der Waals surface area contributed by atoms with Gasteiger partial charge in [0.25, 0.3) is 0 Å². The lowest BCUT2D eigenvalue weighted by atomic mass is 9.76. The molecule has 0 bridgehead atoms. The van der Waals surface area contributed by atoms with E-state index in [4.69, 9.17) is 0 Å². The van der Waals surface area contributed by atoms with Gasteiger partial charge in [0.2, 0.25) is 0 Å². The maximum absolute atomic E-state index is 11.6. The number of hydrogen-bond acceptors (Lipinski definition) is 1. The highest BCUT2D eigenvalue weighted by Crippen LogP contribution is 2.31. The summed E-state index contributed by atoms with van der Waals surface area (Å²) in [6, 6.07) is 9.35. The molecule has 0 fully saturated rings. The number of hydrogen-bond donors (Lipinski definition) is 1. The van der Waals surface area contributed by atoms with Gasteiger partial charge in [-0.25, -0.2) is 4.79 Å². The molecular weight excluding hydrogens is 214 g/mol. The minimum absolute atomic E-state index is 0.400. The maximum atomic E-state index is 11.6. The van der Waals surface area contributed by atoms with Crippen LogP contribution >= 0.6 is 0 Å². The van der Waals surface area contributed by atoms with Crippen molar-refractivity contribution in [1.82, 2.24) is 0 Å². The molecule has 0 heterocycles. The van der Waals surface area contributed by atoms with Crippen LogP contribution in [-0.2, 0) is 10.2 Å². The molecule has 0 spiro atoms. The molecular formula is C14H22NO2+. The van der Waals surface area contributed by atoms with Gasteiger partial charge in [-0.15, -0.1) is 0 Å². The molecule has 1 aromatic carbocycles. The van der Waals surface area contributed by atoms with Crippen LogP contribution in [-0.4, -0.2) is 42.7 Å². The summed E-state index contributed by atoms with van der Waals surface area (Å²) in [6.07, 6.45) is 0. The van der Waals surface area contributed by atoms with E-state index in [1.807, 2.05) is 65.3 Å². The molecule has 1 aromatic rings. The Bertz CT molecular complexity index is 390. The number of quaternary nitrogens is 1. The van der Waals surface area contributed by atoms with E-state index >= 15 is 0 Å². The highest BCUT2D eigenvalue weighted by Gasteiger charge is 2.45. The number of benzene rings is 1. The monoisotopic (exact) mass is 236 g/mol. The molecule has 0 radical (unpaired) electrons. The van der Waals surface area contributed by atoms with Crippen molar-refractivity contribution in [3.63, 3.8) is 0 Å². The largest absolute Gasteiger partial charge is 0.477 e. The lowest BCUT2D eigenvalue weighted by Gasteiger charge is -2.41. The summed E-state index contributed by atoms with van der Waals surface area (Å²) in [6.45, 7) is 3.98. The average Bonchev–Trinajstić information content (AvgIpc) is 2.15. The Morgan fingerprint density at radius 3 is 2.00 bits per heavy atom. The van der Waals surface area contributed by atoms with E-state index in [0.717, 1.165) is 5.56 Å². The molecule has 0 aliphatic rings. The quantitative estimate of drug-likeness (QED) is 0.813. The fourth-order valence-corrected chi connectivity index (χ4v) is 2.63. The summed E-state index contributed by atoms with van der Waals surface area (Å²) in [7, 11) is 5.76. The first-order valence-corrected chi connectivity index (χ1v) is 5.77. The summed E-state index contributed by atoms with van der Waals surface area (Å²) >= 11 is 0. The van der Waals surface area contributed by atoms with Gasteiger partial charge in [-0.05, 0) is 19.4 Å². The second-order valence-corrected chi connectivity index (χ2v) is 5.94. The number of nitrogens with zero attached hydrogens (tertiary/aromatic N) is 1. The van der Waals surface area contributed by atoms with E-state index in [-0.39, 0.29) is 0 Å². The fourth-order valence-electron chi connectivity index (χ4n) is 2.63. The van der Waals surface area contributed by atoms with E-state index in [9.17, 15) is 9.90 Å². The Morgan fingerprint density at radius 2 is 1.65 bits per heavy atom. The van der Waals surface area contributed by atoms with Crippen molar-refractivity contribution in [2.75, 3.05) is 21.1 Å². The van der Waals surface area contributed by atoms with Crippen molar-refractivity contribution in [3.05, 3.63) is 35.9 Å². The van der Waals surface area contributed by atoms with E-state index < -0.39 is 17.4 Å². The standard InChI is InChI=1S/C14H21NO2/c1-14(2,11-9-7-6-8-10-11)12(13(16)17)15(3,4)5/h6-10,12H,1-5H3/p+1. The molecule has 0 saturated carbocycles. The molecule has 17 heavy (non-hydrogen) atoms. The van der Waals surface area contributed by atoms with Crippen LogP contribution in [0.5, 0.6) is 0 Å². The molecule has 1 rings (SSSR count). The number of rotatable bonds is 4. The summed E-state index contributed by atoms with van der Waals surface area (Å²) in [5.74, 6) is -0.758. The Morgan fingerprint density at radius 1 is 1.18 bits per heavy atom. The van der Waals surface area contributed by atoms with Crippen LogP contribution in [0.2, 0.25) is 0 Å². The molecule has 0 aliphatic heterocycles. The molecule has 1 N–H and O–H groups in total. The summed E-state index contributed by atoms with van der Waals surface area (Å²) in [5, 5.41) is 9.49. The third kappa shape index (κ3) is 2.86. The van der Waals surface area contributed by atoms with Crippen LogP contribution in [0.4, 0.5) is 0 Å². The average molecular weight is 236 g/mol. The predicted octanol–water partition coefficient (Wildman–Crippen LogP) is 2.12. The predicted molar refractivity (Wildman–Crippen MR) is 68.9 cm³/mol. The van der Waals surface area contributed by atoms with E-state index in [0.29, 0.717) is 4.48 Å². The third-order valence-corrected chi connectivity index (χ3v) is 3.21. The van der Waals surface area contributed by atoms with Gasteiger partial charge in [0, 0.05) is 0 Å². The summed E-state index contributed by atoms with van der Waals surface area (Å²) < 4.78 is 0.400. The molecule has 1 atom stereocenters.